The van der Waals surface area contributed by atoms with Crippen LogP contribution in [-0.2, 0) is 11.3 Å². The zero-order chi connectivity index (χ0) is 19.4. The van der Waals surface area contributed by atoms with Crippen LogP contribution in [0.2, 0.25) is 0 Å². The van der Waals surface area contributed by atoms with E-state index in [1.54, 1.807) is 35.2 Å². The lowest BCUT2D eigenvalue weighted by Gasteiger charge is -2.27. The minimum atomic E-state index is -0.372. The number of carbonyl (C=O) groups is 1. The molecule has 0 aliphatic carbocycles. The van der Waals surface area contributed by atoms with Crippen LogP contribution in [0.4, 0.5) is 9.18 Å². The first-order valence-electron chi connectivity index (χ1n) is 8.81. The van der Waals surface area contributed by atoms with Gasteiger partial charge >= 0.3 is 6.09 Å². The fourth-order valence-corrected chi connectivity index (χ4v) is 3.46. The van der Waals surface area contributed by atoms with E-state index in [9.17, 15) is 14.4 Å². The number of benzene rings is 2. The van der Waals surface area contributed by atoms with E-state index in [0.29, 0.717) is 16.9 Å². The number of rotatable bonds is 4. The van der Waals surface area contributed by atoms with Gasteiger partial charge in [0.2, 0.25) is 0 Å². The molecule has 0 spiro atoms. The Balaban J connectivity index is 1.81. The highest BCUT2D eigenvalue weighted by molar-refractivity contribution is 5.69. The largest absolute Gasteiger partial charge is 0.487 e. The monoisotopic (exact) mass is 368 g/mol. The van der Waals surface area contributed by atoms with Gasteiger partial charge in [-0.2, -0.15) is 5.26 Å². The molecule has 3 rings (SSSR count). The average Bonchev–Trinajstić information content (AvgIpc) is 3.08. The molecule has 1 heterocycles. The van der Waals surface area contributed by atoms with E-state index < -0.39 is 0 Å². The van der Waals surface area contributed by atoms with Crippen LogP contribution in [0, 0.1) is 17.1 Å². The molecule has 1 aliphatic rings. The second kappa shape index (κ2) is 8.09. The predicted molar refractivity (Wildman–Crippen MR) is 97.6 cm³/mol. The molecule has 0 N–H and O–H groups in total. The standard InChI is InChI=1S/C21H21FN2O3/c1-14-7-9-19(24(14)21(25)26-2)15-8-10-20(17(11-15)12-23)27-13-16-5-3-4-6-18(16)22/h3-6,8,10-11,14,19H,7,9,13H2,1-2H3/t14-,19-/m1/s1. The third-order valence-corrected chi connectivity index (χ3v) is 4.90. The summed E-state index contributed by atoms with van der Waals surface area (Å²) in [5.74, 6) is 0.0430. The van der Waals surface area contributed by atoms with Crippen LogP contribution in [-0.4, -0.2) is 24.1 Å². The number of hydrogen-bond donors (Lipinski definition) is 0. The van der Waals surface area contributed by atoms with Crippen molar-refractivity contribution in [3.05, 3.63) is 65.0 Å². The Morgan fingerprint density at radius 2 is 2.07 bits per heavy atom. The third kappa shape index (κ3) is 3.87. The number of likely N-dealkylation sites (tertiary alicyclic amines) is 1. The van der Waals surface area contributed by atoms with Gasteiger partial charge in [0.25, 0.3) is 0 Å². The van der Waals surface area contributed by atoms with Crippen LogP contribution in [0.25, 0.3) is 0 Å². The second-order valence-corrected chi connectivity index (χ2v) is 6.57. The molecule has 1 fully saturated rings. The number of halogens is 1. The molecular formula is C21H21FN2O3. The molecule has 27 heavy (non-hydrogen) atoms. The lowest BCUT2D eigenvalue weighted by molar-refractivity contribution is 0.105. The van der Waals surface area contributed by atoms with Crippen molar-refractivity contribution >= 4 is 6.09 Å². The topological polar surface area (TPSA) is 62.6 Å². The molecular weight excluding hydrogens is 347 g/mol. The van der Waals surface area contributed by atoms with Gasteiger partial charge in [-0.05, 0) is 43.5 Å². The van der Waals surface area contributed by atoms with Crippen molar-refractivity contribution in [2.24, 2.45) is 0 Å². The number of nitriles is 1. The summed E-state index contributed by atoms with van der Waals surface area (Å²) in [6.07, 6.45) is 1.30. The minimum Gasteiger partial charge on any atom is -0.487 e. The highest BCUT2D eigenvalue weighted by Crippen LogP contribution is 2.38. The fourth-order valence-electron chi connectivity index (χ4n) is 3.46. The second-order valence-electron chi connectivity index (χ2n) is 6.57. The average molecular weight is 368 g/mol. The smallest absolute Gasteiger partial charge is 0.410 e. The summed E-state index contributed by atoms with van der Waals surface area (Å²) in [7, 11) is 1.37. The summed E-state index contributed by atoms with van der Waals surface area (Å²) >= 11 is 0. The SMILES string of the molecule is COC(=O)N1[C@H](C)CC[C@@H]1c1ccc(OCc2ccccc2F)c(C#N)c1. The molecule has 0 unspecified atom stereocenters. The van der Waals surface area contributed by atoms with E-state index >= 15 is 0 Å². The first-order valence-corrected chi connectivity index (χ1v) is 8.81. The van der Waals surface area contributed by atoms with E-state index in [1.807, 2.05) is 13.0 Å². The maximum absolute atomic E-state index is 13.7. The van der Waals surface area contributed by atoms with Crippen molar-refractivity contribution in [2.45, 2.75) is 38.5 Å². The van der Waals surface area contributed by atoms with Crippen LogP contribution in [0.5, 0.6) is 5.75 Å². The van der Waals surface area contributed by atoms with Crippen molar-refractivity contribution in [3.63, 3.8) is 0 Å². The number of nitrogens with zero attached hydrogens (tertiary/aromatic N) is 2. The molecule has 5 nitrogen and oxygen atoms in total. The number of carbonyl (C=O) groups excluding carboxylic acids is 1. The van der Waals surface area contributed by atoms with Gasteiger partial charge < -0.3 is 9.47 Å². The Labute approximate surface area is 157 Å². The van der Waals surface area contributed by atoms with Crippen LogP contribution in [0.1, 0.15) is 42.5 Å². The Morgan fingerprint density at radius 3 is 2.78 bits per heavy atom. The van der Waals surface area contributed by atoms with Crippen molar-refractivity contribution < 1.29 is 18.7 Å². The van der Waals surface area contributed by atoms with Crippen LogP contribution >= 0.6 is 0 Å². The van der Waals surface area contributed by atoms with E-state index in [4.69, 9.17) is 9.47 Å². The van der Waals surface area contributed by atoms with Crippen LogP contribution in [0.3, 0.4) is 0 Å². The first kappa shape index (κ1) is 18.7. The van der Waals surface area contributed by atoms with Gasteiger partial charge in [0.1, 0.15) is 24.2 Å². The molecule has 2 aromatic carbocycles. The molecule has 2 atom stereocenters. The number of amides is 1. The van der Waals surface area contributed by atoms with E-state index in [0.717, 1.165) is 18.4 Å². The first-order chi connectivity index (χ1) is 13.0. The normalized spacial score (nSPS) is 18.8. The van der Waals surface area contributed by atoms with Gasteiger partial charge in [0.15, 0.2) is 0 Å². The summed E-state index contributed by atoms with van der Waals surface area (Å²) in [4.78, 5) is 13.8. The van der Waals surface area contributed by atoms with Gasteiger partial charge in [-0.3, -0.25) is 4.90 Å². The molecule has 1 saturated heterocycles. The summed E-state index contributed by atoms with van der Waals surface area (Å²) in [5, 5.41) is 9.50. The zero-order valence-electron chi connectivity index (χ0n) is 15.3. The Hall–Kier alpha value is -3.07. The van der Waals surface area contributed by atoms with Gasteiger partial charge in [0, 0.05) is 11.6 Å². The van der Waals surface area contributed by atoms with Crippen molar-refractivity contribution in [1.29, 1.82) is 5.26 Å². The summed E-state index contributed by atoms with van der Waals surface area (Å²) in [5.41, 5.74) is 1.64. The maximum atomic E-state index is 13.7. The zero-order valence-corrected chi connectivity index (χ0v) is 15.3. The molecule has 140 valence electrons. The Kier molecular flexibility index (Phi) is 5.60. The van der Waals surface area contributed by atoms with Crippen LogP contribution < -0.4 is 4.74 Å². The highest BCUT2D eigenvalue weighted by Gasteiger charge is 2.36. The summed E-state index contributed by atoms with van der Waals surface area (Å²) < 4.78 is 24.3. The summed E-state index contributed by atoms with van der Waals surface area (Å²) in [6.45, 7) is 2.02. The lowest BCUT2D eigenvalue weighted by atomic mass is 10.0. The molecule has 1 aliphatic heterocycles. The van der Waals surface area contributed by atoms with Gasteiger partial charge in [-0.1, -0.05) is 24.3 Å². The van der Waals surface area contributed by atoms with Gasteiger partial charge in [-0.25, -0.2) is 9.18 Å². The number of hydrogen-bond acceptors (Lipinski definition) is 4. The molecule has 0 aromatic heterocycles. The fraction of sp³-hybridized carbons (Fsp3) is 0.333. The van der Waals surface area contributed by atoms with Gasteiger partial charge in [-0.15, -0.1) is 0 Å². The molecule has 0 bridgehead atoms. The molecule has 0 saturated carbocycles. The molecule has 1 amide bonds. The van der Waals surface area contributed by atoms with E-state index in [2.05, 4.69) is 6.07 Å². The number of methoxy groups -OCH3 is 1. The van der Waals surface area contributed by atoms with Crippen LogP contribution in [0.15, 0.2) is 42.5 Å². The summed E-state index contributed by atoms with van der Waals surface area (Å²) in [6, 6.07) is 13.7. The Bertz CT molecular complexity index is 878. The van der Waals surface area contributed by atoms with Gasteiger partial charge in [0.05, 0.1) is 18.7 Å². The number of ether oxygens (including phenoxy) is 2. The molecule has 0 radical (unpaired) electrons. The van der Waals surface area contributed by atoms with E-state index in [1.165, 1.54) is 13.2 Å². The van der Waals surface area contributed by atoms with E-state index in [-0.39, 0.29) is 30.6 Å². The van der Waals surface area contributed by atoms with Crippen molar-refractivity contribution in [2.75, 3.05) is 7.11 Å². The highest BCUT2D eigenvalue weighted by atomic mass is 19.1. The quantitative estimate of drug-likeness (QED) is 0.793. The molecule has 6 heteroatoms. The molecule has 2 aromatic rings. The van der Waals surface area contributed by atoms with Crippen molar-refractivity contribution in [1.82, 2.24) is 4.90 Å². The predicted octanol–water partition coefficient (Wildman–Crippen LogP) is 4.57. The Morgan fingerprint density at radius 1 is 1.30 bits per heavy atom. The lowest BCUT2D eigenvalue weighted by Crippen LogP contribution is -2.35. The third-order valence-electron chi connectivity index (χ3n) is 4.90. The minimum absolute atomic E-state index is 0.0372. The maximum Gasteiger partial charge on any atom is 0.410 e. The van der Waals surface area contributed by atoms with Crippen molar-refractivity contribution in [3.8, 4) is 11.8 Å².